The molecule has 7 nitrogen and oxygen atoms in total. The number of fused-ring (bicyclic) bond motifs is 1. The zero-order valence-electron chi connectivity index (χ0n) is 13.0. The number of ether oxygens (including phenoxy) is 3. The van der Waals surface area contributed by atoms with Crippen LogP contribution in [0.5, 0.6) is 0 Å². The molecule has 0 aromatic heterocycles. The summed E-state index contributed by atoms with van der Waals surface area (Å²) in [6, 6.07) is 1.43. The third-order valence-electron chi connectivity index (χ3n) is 3.38. The van der Waals surface area contributed by atoms with E-state index in [2.05, 4.69) is 0 Å². The monoisotopic (exact) mass is 298 g/mol. The lowest BCUT2D eigenvalue weighted by Crippen LogP contribution is -2.48. The lowest BCUT2D eigenvalue weighted by molar-refractivity contribution is -0.183. The minimum atomic E-state index is -1.19. The molecule has 0 bridgehead atoms. The minimum Gasteiger partial charge on any atom is -0.444 e. The molecule has 2 heterocycles. The fourth-order valence-corrected chi connectivity index (χ4v) is 2.72. The first-order valence-electron chi connectivity index (χ1n) is 6.98. The van der Waals surface area contributed by atoms with E-state index in [0.717, 1.165) is 4.90 Å². The van der Waals surface area contributed by atoms with E-state index in [1.807, 2.05) is 6.07 Å². The summed E-state index contributed by atoms with van der Waals surface area (Å²) in [5.41, 5.74) is -0.688. The van der Waals surface area contributed by atoms with Gasteiger partial charge in [0.1, 0.15) is 17.8 Å². The third kappa shape index (κ3) is 3.12. The first kappa shape index (κ1) is 16.0. The fraction of sp³-hybridized carbons (Fsp3) is 0.857. The lowest BCUT2D eigenvalue weighted by Gasteiger charge is -2.32. The van der Waals surface area contributed by atoms with Crippen molar-refractivity contribution in [2.24, 2.45) is 0 Å². The molecule has 1 amide bonds. The lowest BCUT2D eigenvalue weighted by atomic mass is 10.1. The highest BCUT2D eigenvalue weighted by atomic mass is 16.8. The highest BCUT2D eigenvalue weighted by Crippen LogP contribution is 2.41. The molecule has 2 fully saturated rings. The van der Waals surface area contributed by atoms with Gasteiger partial charge in [0.25, 0.3) is 0 Å². The number of aliphatic hydroxyl groups excluding tert-OH is 1. The zero-order chi connectivity index (χ0) is 16.0. The Morgan fingerprint density at radius 1 is 1.38 bits per heavy atom. The Labute approximate surface area is 124 Å². The summed E-state index contributed by atoms with van der Waals surface area (Å²) in [7, 11) is 0. The van der Waals surface area contributed by atoms with E-state index in [-0.39, 0.29) is 6.42 Å². The molecule has 0 aliphatic carbocycles. The van der Waals surface area contributed by atoms with Crippen molar-refractivity contribution in [3.05, 3.63) is 0 Å². The van der Waals surface area contributed by atoms with Crippen molar-refractivity contribution >= 4 is 6.09 Å². The van der Waals surface area contributed by atoms with Gasteiger partial charge in [-0.05, 0) is 34.6 Å². The first-order chi connectivity index (χ1) is 9.56. The molecular formula is C14H22N2O5. The van der Waals surface area contributed by atoms with Crippen LogP contribution in [-0.4, -0.2) is 52.0 Å². The molecule has 2 rings (SSSR count). The first-order valence-corrected chi connectivity index (χ1v) is 6.98. The molecule has 0 aromatic carbocycles. The van der Waals surface area contributed by atoms with Gasteiger partial charge >= 0.3 is 6.09 Å². The van der Waals surface area contributed by atoms with Gasteiger partial charge in [-0.25, -0.2) is 4.79 Å². The molecule has 7 heteroatoms. The number of amides is 1. The molecule has 1 unspecified atom stereocenters. The van der Waals surface area contributed by atoms with Gasteiger partial charge in [-0.1, -0.05) is 0 Å². The normalized spacial score (nSPS) is 34.4. The SMILES string of the molecule is CC(C)(C)OC(=O)N1C(O)[C@H]2OC(C)(C)O[C@H]2[C@@H]1CC#N. The van der Waals surface area contributed by atoms with Crippen molar-refractivity contribution in [3.8, 4) is 6.07 Å². The van der Waals surface area contributed by atoms with Crippen molar-refractivity contribution < 1.29 is 24.1 Å². The number of hydrogen-bond donors (Lipinski definition) is 1. The molecule has 0 radical (unpaired) electrons. The molecule has 2 aliphatic heterocycles. The number of nitriles is 1. The van der Waals surface area contributed by atoms with Gasteiger partial charge in [-0.15, -0.1) is 0 Å². The third-order valence-corrected chi connectivity index (χ3v) is 3.38. The van der Waals surface area contributed by atoms with Crippen LogP contribution >= 0.6 is 0 Å². The quantitative estimate of drug-likeness (QED) is 0.785. The number of carbonyl (C=O) groups is 1. The summed E-state index contributed by atoms with van der Waals surface area (Å²) in [6.45, 7) is 8.69. The van der Waals surface area contributed by atoms with Crippen LogP contribution in [0.3, 0.4) is 0 Å². The molecule has 0 spiro atoms. The van der Waals surface area contributed by atoms with E-state index in [4.69, 9.17) is 19.5 Å². The summed E-state index contributed by atoms with van der Waals surface area (Å²) in [5.74, 6) is -0.843. The van der Waals surface area contributed by atoms with Crippen LogP contribution in [0, 0.1) is 11.3 Å². The van der Waals surface area contributed by atoms with E-state index >= 15 is 0 Å². The Morgan fingerprint density at radius 3 is 2.48 bits per heavy atom. The average molecular weight is 298 g/mol. The maximum Gasteiger partial charge on any atom is 0.412 e. The van der Waals surface area contributed by atoms with Crippen molar-refractivity contribution in [1.82, 2.24) is 4.90 Å². The smallest absolute Gasteiger partial charge is 0.412 e. The van der Waals surface area contributed by atoms with Crippen molar-refractivity contribution in [1.29, 1.82) is 5.26 Å². The van der Waals surface area contributed by atoms with Crippen LogP contribution in [0.2, 0.25) is 0 Å². The second-order valence-electron chi connectivity index (χ2n) is 6.80. The number of likely N-dealkylation sites (tertiary alicyclic amines) is 1. The van der Waals surface area contributed by atoms with Crippen molar-refractivity contribution in [3.63, 3.8) is 0 Å². The van der Waals surface area contributed by atoms with Crippen LogP contribution in [-0.2, 0) is 14.2 Å². The zero-order valence-corrected chi connectivity index (χ0v) is 13.0. The summed E-state index contributed by atoms with van der Waals surface area (Å²) in [4.78, 5) is 13.4. The fourth-order valence-electron chi connectivity index (χ4n) is 2.72. The van der Waals surface area contributed by atoms with Gasteiger partial charge < -0.3 is 19.3 Å². The van der Waals surface area contributed by atoms with Gasteiger partial charge in [0, 0.05) is 0 Å². The highest BCUT2D eigenvalue weighted by Gasteiger charge is 2.59. The standard InChI is InChI=1S/C14H22N2O5/c1-13(2,3)21-12(18)16-8(6-7-15)9-10(11(16)17)20-14(4,5)19-9/h8-11,17H,6H2,1-5H3/t8-,9-,10-,11?/m0/s1. The second-order valence-corrected chi connectivity index (χ2v) is 6.80. The van der Waals surface area contributed by atoms with Crippen LogP contribution in [0.25, 0.3) is 0 Å². The van der Waals surface area contributed by atoms with Crippen LogP contribution < -0.4 is 0 Å². The number of rotatable bonds is 1. The molecule has 21 heavy (non-hydrogen) atoms. The Morgan fingerprint density at radius 2 is 1.95 bits per heavy atom. The van der Waals surface area contributed by atoms with E-state index in [1.54, 1.807) is 34.6 Å². The van der Waals surface area contributed by atoms with Gasteiger partial charge in [-0.2, -0.15) is 5.26 Å². The van der Waals surface area contributed by atoms with Crippen LogP contribution in [0.4, 0.5) is 4.79 Å². The molecule has 0 saturated carbocycles. The topological polar surface area (TPSA) is 92.0 Å². The average Bonchev–Trinajstić information content (AvgIpc) is 2.72. The summed E-state index contributed by atoms with van der Waals surface area (Å²) < 4.78 is 16.7. The molecule has 0 aromatic rings. The summed E-state index contributed by atoms with van der Waals surface area (Å²) in [5, 5.41) is 19.4. The molecular weight excluding hydrogens is 276 g/mol. The maximum absolute atomic E-state index is 12.3. The Balaban J connectivity index is 2.22. The molecule has 2 aliphatic rings. The molecule has 2 saturated heterocycles. The number of hydrogen-bond acceptors (Lipinski definition) is 6. The number of aliphatic hydroxyl groups is 1. The van der Waals surface area contributed by atoms with Crippen LogP contribution in [0.1, 0.15) is 41.0 Å². The Hall–Kier alpha value is -1.36. The molecule has 118 valence electrons. The summed E-state index contributed by atoms with van der Waals surface area (Å²) in [6.07, 6.45) is -3.04. The maximum atomic E-state index is 12.3. The van der Waals surface area contributed by atoms with E-state index in [1.165, 1.54) is 0 Å². The predicted molar refractivity (Wildman–Crippen MR) is 71.9 cm³/mol. The van der Waals surface area contributed by atoms with Gasteiger partial charge in [-0.3, -0.25) is 4.90 Å². The highest BCUT2D eigenvalue weighted by molar-refractivity contribution is 5.69. The molecule has 1 N–H and O–H groups in total. The number of nitrogens with zero attached hydrogens (tertiary/aromatic N) is 2. The number of carbonyl (C=O) groups excluding carboxylic acids is 1. The van der Waals surface area contributed by atoms with E-state index in [0.29, 0.717) is 0 Å². The van der Waals surface area contributed by atoms with Gasteiger partial charge in [0.15, 0.2) is 12.0 Å². The predicted octanol–water partition coefficient (Wildman–Crippen LogP) is 1.36. The summed E-state index contributed by atoms with van der Waals surface area (Å²) >= 11 is 0. The van der Waals surface area contributed by atoms with E-state index in [9.17, 15) is 9.90 Å². The van der Waals surface area contributed by atoms with Crippen molar-refractivity contribution in [2.75, 3.05) is 0 Å². The Kier molecular flexibility index (Phi) is 3.91. The minimum absolute atomic E-state index is 0.0386. The van der Waals surface area contributed by atoms with E-state index < -0.39 is 42.0 Å². The van der Waals surface area contributed by atoms with Crippen LogP contribution in [0.15, 0.2) is 0 Å². The molecule has 4 atom stereocenters. The van der Waals surface area contributed by atoms with Gasteiger partial charge in [0.05, 0.1) is 18.5 Å². The Bertz CT molecular complexity index is 465. The largest absolute Gasteiger partial charge is 0.444 e. The second kappa shape index (κ2) is 5.13. The van der Waals surface area contributed by atoms with Gasteiger partial charge in [0.2, 0.25) is 0 Å². The van der Waals surface area contributed by atoms with Crippen molar-refractivity contribution in [2.45, 2.75) is 76.9 Å².